The summed E-state index contributed by atoms with van der Waals surface area (Å²) in [6, 6.07) is 4.92. The largest absolute Gasteiger partial charge is 0.398 e. The fourth-order valence-electron chi connectivity index (χ4n) is 1.80. The zero-order chi connectivity index (χ0) is 14.6. The second-order valence-electron chi connectivity index (χ2n) is 4.99. The minimum absolute atomic E-state index is 0.278. The first-order chi connectivity index (χ1) is 8.82. The van der Waals surface area contributed by atoms with Crippen molar-refractivity contribution in [1.82, 2.24) is 4.31 Å². The maximum absolute atomic E-state index is 12.5. The van der Waals surface area contributed by atoms with Crippen LogP contribution in [0.1, 0.15) is 32.8 Å². The van der Waals surface area contributed by atoms with Gasteiger partial charge in [0.25, 0.3) is 0 Å². The average molecular weight is 284 g/mol. The highest BCUT2D eigenvalue weighted by atomic mass is 32.2. The van der Waals surface area contributed by atoms with E-state index in [1.54, 1.807) is 18.2 Å². The summed E-state index contributed by atoms with van der Waals surface area (Å²) < 4.78 is 26.6. The molecule has 0 spiro atoms. The van der Waals surface area contributed by atoms with Crippen molar-refractivity contribution >= 4 is 15.7 Å². The molecule has 1 rings (SSSR count). The van der Waals surface area contributed by atoms with E-state index in [4.69, 9.17) is 5.73 Å². The van der Waals surface area contributed by atoms with E-state index in [9.17, 15) is 8.42 Å². The minimum Gasteiger partial charge on any atom is -0.398 e. The first-order valence-electron chi connectivity index (χ1n) is 6.69. The summed E-state index contributed by atoms with van der Waals surface area (Å²) >= 11 is 0. The lowest BCUT2D eigenvalue weighted by Gasteiger charge is -2.23. The predicted molar refractivity (Wildman–Crippen MR) is 79.5 cm³/mol. The molecule has 5 heteroatoms. The topological polar surface area (TPSA) is 63.4 Å². The molecule has 0 fully saturated rings. The molecule has 19 heavy (non-hydrogen) atoms. The van der Waals surface area contributed by atoms with Crippen molar-refractivity contribution in [2.24, 2.45) is 5.92 Å². The van der Waals surface area contributed by atoms with Gasteiger partial charge < -0.3 is 5.73 Å². The molecule has 0 saturated heterocycles. The van der Waals surface area contributed by atoms with E-state index in [0.29, 0.717) is 24.7 Å². The summed E-state index contributed by atoms with van der Waals surface area (Å²) in [4.78, 5) is 0.278. The Hall–Kier alpha value is -1.07. The van der Waals surface area contributed by atoms with Gasteiger partial charge >= 0.3 is 0 Å². The van der Waals surface area contributed by atoms with E-state index in [1.807, 2.05) is 13.8 Å². The van der Waals surface area contributed by atoms with E-state index in [2.05, 4.69) is 13.8 Å². The lowest BCUT2D eigenvalue weighted by molar-refractivity contribution is 0.361. The molecule has 0 heterocycles. The maximum atomic E-state index is 12.5. The lowest BCUT2D eigenvalue weighted by atomic mass is 10.1. The van der Waals surface area contributed by atoms with Crippen LogP contribution >= 0.6 is 0 Å². The number of nitrogens with zero attached hydrogens (tertiary/aromatic N) is 1. The number of hydrogen-bond acceptors (Lipinski definition) is 3. The number of nitrogens with two attached hydrogens (primary N) is 1. The van der Waals surface area contributed by atoms with Gasteiger partial charge in [-0.25, -0.2) is 8.42 Å². The Labute approximate surface area is 116 Å². The van der Waals surface area contributed by atoms with E-state index < -0.39 is 10.0 Å². The van der Waals surface area contributed by atoms with Gasteiger partial charge in [-0.3, -0.25) is 0 Å². The SMILES string of the molecule is CCC(C)CN(CC)S(=O)(=O)c1ccc(C)c(N)c1. The van der Waals surface area contributed by atoms with Crippen molar-refractivity contribution in [3.8, 4) is 0 Å². The fourth-order valence-corrected chi connectivity index (χ4v) is 3.41. The van der Waals surface area contributed by atoms with Gasteiger partial charge in [0.15, 0.2) is 0 Å². The van der Waals surface area contributed by atoms with Gasteiger partial charge in [0.2, 0.25) is 10.0 Å². The van der Waals surface area contributed by atoms with Crippen LogP contribution in [0.5, 0.6) is 0 Å². The summed E-state index contributed by atoms with van der Waals surface area (Å²) in [6.07, 6.45) is 0.960. The van der Waals surface area contributed by atoms with Gasteiger partial charge in [0, 0.05) is 18.8 Å². The molecule has 0 aliphatic rings. The highest BCUT2D eigenvalue weighted by Crippen LogP contribution is 2.21. The zero-order valence-corrected chi connectivity index (χ0v) is 13.0. The normalized spacial score (nSPS) is 13.7. The Morgan fingerprint density at radius 1 is 1.32 bits per heavy atom. The molecule has 108 valence electrons. The molecule has 1 atom stereocenters. The highest BCUT2D eigenvalue weighted by molar-refractivity contribution is 7.89. The maximum Gasteiger partial charge on any atom is 0.243 e. The predicted octanol–water partition coefficient (Wildman–Crippen LogP) is 2.63. The summed E-state index contributed by atoms with van der Waals surface area (Å²) in [5.74, 6) is 0.345. The molecule has 4 nitrogen and oxygen atoms in total. The quantitative estimate of drug-likeness (QED) is 0.817. The van der Waals surface area contributed by atoms with Crippen molar-refractivity contribution in [1.29, 1.82) is 0 Å². The van der Waals surface area contributed by atoms with E-state index in [0.717, 1.165) is 12.0 Å². The third-order valence-corrected chi connectivity index (χ3v) is 5.39. The summed E-state index contributed by atoms with van der Waals surface area (Å²) in [6.45, 7) is 8.86. The van der Waals surface area contributed by atoms with Crippen LogP contribution in [0, 0.1) is 12.8 Å². The summed E-state index contributed by atoms with van der Waals surface area (Å²) in [7, 11) is -3.44. The number of sulfonamides is 1. The Balaban J connectivity index is 3.09. The molecular weight excluding hydrogens is 260 g/mol. The number of anilines is 1. The Kier molecular flexibility index (Phi) is 5.38. The summed E-state index contributed by atoms with van der Waals surface area (Å²) in [5.41, 5.74) is 7.21. The van der Waals surface area contributed by atoms with Crippen LogP contribution in [0.15, 0.2) is 23.1 Å². The molecule has 1 unspecified atom stereocenters. The first-order valence-corrected chi connectivity index (χ1v) is 8.13. The van der Waals surface area contributed by atoms with Gasteiger partial charge in [-0.1, -0.05) is 33.3 Å². The fraction of sp³-hybridized carbons (Fsp3) is 0.571. The molecule has 0 aliphatic carbocycles. The number of benzene rings is 1. The molecule has 0 saturated carbocycles. The average Bonchev–Trinajstić information content (AvgIpc) is 2.38. The van der Waals surface area contributed by atoms with Gasteiger partial charge in [-0.15, -0.1) is 0 Å². The third-order valence-electron chi connectivity index (χ3n) is 3.45. The minimum atomic E-state index is -3.44. The Morgan fingerprint density at radius 2 is 1.95 bits per heavy atom. The van der Waals surface area contributed by atoms with Gasteiger partial charge in [-0.05, 0) is 30.5 Å². The van der Waals surface area contributed by atoms with Crippen LogP contribution in [-0.4, -0.2) is 25.8 Å². The molecule has 0 aliphatic heterocycles. The monoisotopic (exact) mass is 284 g/mol. The second-order valence-corrected chi connectivity index (χ2v) is 6.93. The molecule has 0 aromatic heterocycles. The molecule has 0 radical (unpaired) electrons. The van der Waals surface area contributed by atoms with Crippen molar-refractivity contribution in [3.63, 3.8) is 0 Å². The number of rotatable bonds is 6. The van der Waals surface area contributed by atoms with Crippen molar-refractivity contribution in [3.05, 3.63) is 23.8 Å². The van der Waals surface area contributed by atoms with Crippen LogP contribution in [0.2, 0.25) is 0 Å². The summed E-state index contributed by atoms with van der Waals surface area (Å²) in [5, 5.41) is 0. The second kappa shape index (κ2) is 6.39. The van der Waals surface area contributed by atoms with Crippen LogP contribution in [0.4, 0.5) is 5.69 Å². The molecule has 0 amide bonds. The van der Waals surface area contributed by atoms with E-state index in [1.165, 1.54) is 4.31 Å². The lowest BCUT2D eigenvalue weighted by Crippen LogP contribution is -2.34. The van der Waals surface area contributed by atoms with Gasteiger partial charge in [-0.2, -0.15) is 4.31 Å². The van der Waals surface area contributed by atoms with Crippen molar-refractivity contribution < 1.29 is 8.42 Å². The Bertz CT molecular complexity index is 526. The highest BCUT2D eigenvalue weighted by Gasteiger charge is 2.24. The van der Waals surface area contributed by atoms with Crippen LogP contribution < -0.4 is 5.73 Å². The van der Waals surface area contributed by atoms with Crippen molar-refractivity contribution in [2.45, 2.75) is 39.0 Å². The molecule has 1 aromatic carbocycles. The van der Waals surface area contributed by atoms with Gasteiger partial charge in [0.1, 0.15) is 0 Å². The molecule has 0 bridgehead atoms. The number of nitrogen functional groups attached to an aromatic ring is 1. The number of aryl methyl sites for hydroxylation is 1. The van der Waals surface area contributed by atoms with Crippen molar-refractivity contribution in [2.75, 3.05) is 18.8 Å². The molecule has 2 N–H and O–H groups in total. The van der Waals surface area contributed by atoms with Crippen LogP contribution in [-0.2, 0) is 10.0 Å². The Morgan fingerprint density at radius 3 is 2.42 bits per heavy atom. The smallest absolute Gasteiger partial charge is 0.243 e. The molecular formula is C14H24N2O2S. The number of hydrogen-bond donors (Lipinski definition) is 1. The van der Waals surface area contributed by atoms with Crippen LogP contribution in [0.3, 0.4) is 0 Å². The van der Waals surface area contributed by atoms with E-state index >= 15 is 0 Å². The standard InChI is InChI=1S/C14H24N2O2S/c1-5-11(3)10-16(6-2)19(17,18)13-8-7-12(4)14(15)9-13/h7-9,11H,5-6,10,15H2,1-4H3. The van der Waals surface area contributed by atoms with E-state index in [-0.39, 0.29) is 4.90 Å². The van der Waals surface area contributed by atoms with Gasteiger partial charge in [0.05, 0.1) is 4.90 Å². The first kappa shape index (κ1) is 16.0. The zero-order valence-electron chi connectivity index (χ0n) is 12.2. The molecule has 1 aromatic rings. The third kappa shape index (κ3) is 3.70. The van der Waals surface area contributed by atoms with Crippen LogP contribution in [0.25, 0.3) is 0 Å².